The Morgan fingerprint density at radius 2 is 1.79 bits per heavy atom. The quantitative estimate of drug-likeness (QED) is 0.488. The molecule has 3 aromatic rings. The Kier molecular flexibility index (Phi) is 7.36. The van der Waals surface area contributed by atoms with Gasteiger partial charge < -0.3 is 9.64 Å². The molecular weight excluding hydrogens is 421 g/mol. The van der Waals surface area contributed by atoms with Crippen LogP contribution >= 0.6 is 0 Å². The van der Waals surface area contributed by atoms with Crippen molar-refractivity contribution >= 4 is 5.78 Å². The first-order valence-electron chi connectivity index (χ1n) is 11.1. The van der Waals surface area contributed by atoms with Crippen molar-refractivity contribution in [2.45, 2.75) is 13.1 Å². The number of rotatable bonds is 8. The Labute approximate surface area is 193 Å². The van der Waals surface area contributed by atoms with E-state index < -0.39 is 12.0 Å². The summed E-state index contributed by atoms with van der Waals surface area (Å²) >= 11 is 0. The third-order valence-electron chi connectivity index (χ3n) is 5.78. The number of Topliss-reactive ketones (excluding diaryl/α,β-unsaturated/α-hetero) is 1. The van der Waals surface area contributed by atoms with Crippen molar-refractivity contribution in [1.82, 2.24) is 24.8 Å². The smallest absolute Gasteiger partial charge is 0.206 e. The third-order valence-corrected chi connectivity index (χ3v) is 5.78. The van der Waals surface area contributed by atoms with Crippen LogP contribution < -0.4 is 4.74 Å². The number of ketones is 1. The zero-order chi connectivity index (χ0) is 23.2. The van der Waals surface area contributed by atoms with Crippen LogP contribution in [-0.4, -0.2) is 76.9 Å². The van der Waals surface area contributed by atoms with E-state index in [0.29, 0.717) is 12.4 Å². The highest BCUT2D eigenvalue weighted by atomic mass is 19.1. The number of benzene rings is 1. The van der Waals surface area contributed by atoms with Crippen LogP contribution in [0.1, 0.15) is 28.0 Å². The van der Waals surface area contributed by atoms with E-state index in [0.717, 1.165) is 49.6 Å². The molecule has 8 heteroatoms. The van der Waals surface area contributed by atoms with Crippen LogP contribution in [-0.2, 0) is 0 Å². The Bertz CT molecular complexity index is 1070. The van der Waals surface area contributed by atoms with Gasteiger partial charge in [0.25, 0.3) is 0 Å². The Morgan fingerprint density at radius 3 is 2.48 bits per heavy atom. The minimum atomic E-state index is -1.87. The van der Waals surface area contributed by atoms with Gasteiger partial charge in [-0.15, -0.1) is 0 Å². The van der Waals surface area contributed by atoms with Crippen molar-refractivity contribution in [2.75, 3.05) is 46.4 Å². The summed E-state index contributed by atoms with van der Waals surface area (Å²) in [5.41, 5.74) is 1.92. The van der Waals surface area contributed by atoms with Crippen molar-refractivity contribution < 1.29 is 13.9 Å². The largest absolute Gasteiger partial charge is 0.492 e. The topological polar surface area (TPSA) is 71.5 Å². The summed E-state index contributed by atoms with van der Waals surface area (Å²) in [5, 5.41) is 0. The first-order valence-corrected chi connectivity index (χ1v) is 11.1. The molecule has 1 aromatic carbocycles. The van der Waals surface area contributed by atoms with Gasteiger partial charge in [-0.05, 0) is 37.7 Å². The number of piperazine rings is 1. The maximum absolute atomic E-state index is 14.7. The van der Waals surface area contributed by atoms with E-state index in [1.54, 1.807) is 19.2 Å². The molecule has 0 aliphatic carbocycles. The number of hydrogen-bond acceptors (Lipinski definition) is 7. The molecule has 4 rings (SSSR count). The molecule has 0 bridgehead atoms. The number of aromatic nitrogens is 3. The molecule has 3 heterocycles. The normalized spacial score (nSPS) is 15.8. The van der Waals surface area contributed by atoms with E-state index in [4.69, 9.17) is 4.74 Å². The molecule has 2 aromatic heterocycles. The molecule has 0 amide bonds. The number of pyridine rings is 1. The minimum absolute atomic E-state index is 0.0592. The Balaban J connectivity index is 1.36. The van der Waals surface area contributed by atoms with Gasteiger partial charge in [0.15, 0.2) is 0 Å². The lowest BCUT2D eigenvalue weighted by Gasteiger charge is -2.32. The summed E-state index contributed by atoms with van der Waals surface area (Å²) < 4.78 is 20.7. The number of nitrogens with zero attached hydrogens (tertiary/aromatic N) is 5. The Morgan fingerprint density at radius 1 is 1.03 bits per heavy atom. The van der Waals surface area contributed by atoms with Crippen molar-refractivity contribution in [3.8, 4) is 16.9 Å². The van der Waals surface area contributed by atoms with Crippen molar-refractivity contribution in [3.63, 3.8) is 0 Å². The lowest BCUT2D eigenvalue weighted by Crippen LogP contribution is -2.45. The van der Waals surface area contributed by atoms with E-state index in [1.165, 1.54) is 18.5 Å². The summed E-state index contributed by atoms with van der Waals surface area (Å²) in [6.45, 7) is 7.52. The predicted molar refractivity (Wildman–Crippen MR) is 124 cm³/mol. The Hall–Kier alpha value is -3.23. The second-order valence-corrected chi connectivity index (χ2v) is 8.24. The van der Waals surface area contributed by atoms with Gasteiger partial charge in [-0.3, -0.25) is 14.7 Å². The number of likely N-dealkylation sites (N-methyl/N-ethyl adjacent to an activating group) is 1. The van der Waals surface area contributed by atoms with Gasteiger partial charge in [0.2, 0.25) is 12.0 Å². The zero-order valence-electron chi connectivity index (χ0n) is 18.9. The molecule has 7 nitrogen and oxygen atoms in total. The van der Waals surface area contributed by atoms with Crippen LogP contribution in [0.25, 0.3) is 11.1 Å². The maximum Gasteiger partial charge on any atom is 0.206 e. The van der Waals surface area contributed by atoms with Gasteiger partial charge >= 0.3 is 0 Å². The molecule has 1 aliphatic heterocycles. The van der Waals surface area contributed by atoms with Crippen LogP contribution in [0, 0.1) is 6.92 Å². The summed E-state index contributed by atoms with van der Waals surface area (Å²) in [6, 6.07) is 11.0. The first-order chi connectivity index (χ1) is 16.0. The fourth-order valence-corrected chi connectivity index (χ4v) is 3.66. The molecule has 1 aliphatic rings. The minimum Gasteiger partial charge on any atom is -0.492 e. The molecule has 33 heavy (non-hydrogen) atoms. The van der Waals surface area contributed by atoms with Crippen LogP contribution in [0.3, 0.4) is 0 Å². The highest BCUT2D eigenvalue weighted by molar-refractivity contribution is 5.99. The number of carbonyl (C=O) groups excluding carboxylic acids is 1. The van der Waals surface area contributed by atoms with E-state index in [-0.39, 0.29) is 11.3 Å². The first kappa shape index (κ1) is 22.9. The van der Waals surface area contributed by atoms with Crippen LogP contribution in [0.4, 0.5) is 4.39 Å². The SMILES string of the molecule is Cc1ncc(C(=O)C(F)c2ccc(-c3cccc(OCCN4CCN(C)CC4)c3)cn2)cn1. The fraction of sp³-hybridized carbons (Fsp3) is 0.360. The van der Waals surface area contributed by atoms with Gasteiger partial charge in [0.1, 0.15) is 18.2 Å². The second-order valence-electron chi connectivity index (χ2n) is 8.24. The lowest BCUT2D eigenvalue weighted by molar-refractivity contribution is 0.0873. The highest BCUT2D eigenvalue weighted by Crippen LogP contribution is 2.26. The second kappa shape index (κ2) is 10.6. The van der Waals surface area contributed by atoms with Gasteiger partial charge in [-0.1, -0.05) is 18.2 Å². The summed E-state index contributed by atoms with van der Waals surface area (Å²) in [7, 11) is 2.14. The molecule has 1 saturated heterocycles. The highest BCUT2D eigenvalue weighted by Gasteiger charge is 2.23. The van der Waals surface area contributed by atoms with E-state index in [9.17, 15) is 9.18 Å². The lowest BCUT2D eigenvalue weighted by atomic mass is 10.0. The van der Waals surface area contributed by atoms with Crippen molar-refractivity contribution in [2.24, 2.45) is 0 Å². The van der Waals surface area contributed by atoms with Crippen molar-refractivity contribution in [1.29, 1.82) is 0 Å². The van der Waals surface area contributed by atoms with Crippen LogP contribution in [0.15, 0.2) is 55.0 Å². The average molecular weight is 450 g/mol. The predicted octanol–water partition coefficient (Wildman–Crippen LogP) is 3.37. The zero-order valence-corrected chi connectivity index (χ0v) is 18.9. The van der Waals surface area contributed by atoms with E-state index in [2.05, 4.69) is 31.8 Å². The van der Waals surface area contributed by atoms with E-state index in [1.807, 2.05) is 24.3 Å². The van der Waals surface area contributed by atoms with Gasteiger partial charge in [-0.2, -0.15) is 0 Å². The number of hydrogen-bond donors (Lipinski definition) is 0. The third kappa shape index (κ3) is 5.97. The molecule has 1 unspecified atom stereocenters. The molecule has 0 saturated carbocycles. The van der Waals surface area contributed by atoms with Crippen LogP contribution in [0.5, 0.6) is 5.75 Å². The molecule has 172 valence electrons. The summed E-state index contributed by atoms with van der Waals surface area (Å²) in [5.74, 6) is 0.601. The van der Waals surface area contributed by atoms with Gasteiger partial charge in [-0.25, -0.2) is 14.4 Å². The summed E-state index contributed by atoms with van der Waals surface area (Å²) in [6.07, 6.45) is 2.38. The number of ether oxygens (including phenoxy) is 1. The monoisotopic (exact) mass is 449 g/mol. The summed E-state index contributed by atoms with van der Waals surface area (Å²) in [4.78, 5) is 29.2. The standard InChI is InChI=1S/C25H28FN5O2/c1-18-27-16-21(17-28-18)25(32)24(26)23-7-6-20(15-29-23)19-4-3-5-22(14-19)33-13-12-31-10-8-30(2)9-11-31/h3-7,14-17,24H,8-13H2,1-2H3. The number of alkyl halides is 1. The molecule has 0 radical (unpaired) electrons. The molecular formula is C25H28FN5O2. The molecule has 1 fully saturated rings. The number of carbonyl (C=O) groups is 1. The fourth-order valence-electron chi connectivity index (χ4n) is 3.66. The molecule has 0 spiro atoms. The number of aryl methyl sites for hydroxylation is 1. The average Bonchev–Trinajstić information content (AvgIpc) is 2.85. The number of halogens is 1. The maximum atomic E-state index is 14.7. The van der Waals surface area contributed by atoms with Gasteiger partial charge in [0, 0.05) is 56.9 Å². The van der Waals surface area contributed by atoms with Crippen LogP contribution in [0.2, 0.25) is 0 Å². The molecule has 0 N–H and O–H groups in total. The van der Waals surface area contributed by atoms with E-state index >= 15 is 0 Å². The molecule has 1 atom stereocenters. The van der Waals surface area contributed by atoms with Crippen molar-refractivity contribution in [3.05, 3.63) is 72.1 Å². The van der Waals surface area contributed by atoms with Gasteiger partial charge in [0.05, 0.1) is 11.3 Å².